The monoisotopic (exact) mass is 266 g/mol. The van der Waals surface area contributed by atoms with E-state index in [2.05, 4.69) is 4.98 Å². The van der Waals surface area contributed by atoms with Crippen LogP contribution in [0, 0.1) is 0 Å². The molecule has 0 spiro atoms. The van der Waals surface area contributed by atoms with Gasteiger partial charge >= 0.3 is 5.97 Å². The lowest BCUT2D eigenvalue weighted by Gasteiger charge is -2.08. The number of hydrogen-bond donors (Lipinski definition) is 1. The van der Waals surface area contributed by atoms with Crippen LogP contribution in [-0.4, -0.2) is 20.6 Å². The van der Waals surface area contributed by atoms with Gasteiger partial charge in [-0.2, -0.15) is 0 Å². The number of hydrogen-bond acceptors (Lipinski definition) is 2. The minimum atomic E-state index is -0.935. The Labute approximate surface area is 116 Å². The Morgan fingerprint density at radius 2 is 1.85 bits per heavy atom. The first-order chi connectivity index (χ1) is 9.72. The standard InChI is InChI=1S/C16H14N2O2/c1-2-18-14-10-6-5-9-13(14)17-15(18)11-7-3-4-8-12(11)16(19)20/h3-10H,2H2,1H3,(H,19,20). The summed E-state index contributed by atoms with van der Waals surface area (Å²) in [5.41, 5.74) is 2.82. The van der Waals surface area contributed by atoms with E-state index in [-0.39, 0.29) is 5.56 Å². The molecule has 0 aliphatic heterocycles. The number of carboxylic acids is 1. The molecule has 20 heavy (non-hydrogen) atoms. The van der Waals surface area contributed by atoms with Gasteiger partial charge in [0.1, 0.15) is 5.82 Å². The lowest BCUT2D eigenvalue weighted by molar-refractivity contribution is 0.0697. The number of imidazole rings is 1. The third kappa shape index (κ3) is 1.86. The van der Waals surface area contributed by atoms with Gasteiger partial charge in [0, 0.05) is 12.1 Å². The van der Waals surface area contributed by atoms with Gasteiger partial charge in [0.05, 0.1) is 16.6 Å². The average Bonchev–Trinajstić information content (AvgIpc) is 2.85. The molecule has 0 radical (unpaired) electrons. The largest absolute Gasteiger partial charge is 0.478 e. The number of nitrogens with zero attached hydrogens (tertiary/aromatic N) is 2. The molecule has 4 heteroatoms. The van der Waals surface area contributed by atoms with E-state index in [1.54, 1.807) is 18.2 Å². The van der Waals surface area contributed by atoms with E-state index >= 15 is 0 Å². The predicted octanol–water partition coefficient (Wildman–Crippen LogP) is 3.42. The summed E-state index contributed by atoms with van der Waals surface area (Å²) in [4.78, 5) is 16.0. The first-order valence-corrected chi connectivity index (χ1v) is 6.50. The summed E-state index contributed by atoms with van der Waals surface area (Å²) >= 11 is 0. The van der Waals surface area contributed by atoms with Crippen LogP contribution < -0.4 is 0 Å². The van der Waals surface area contributed by atoms with Gasteiger partial charge < -0.3 is 9.67 Å². The predicted molar refractivity (Wildman–Crippen MR) is 77.8 cm³/mol. The Hall–Kier alpha value is -2.62. The smallest absolute Gasteiger partial charge is 0.336 e. The lowest BCUT2D eigenvalue weighted by atomic mass is 10.1. The molecule has 0 fully saturated rings. The van der Waals surface area contributed by atoms with Crippen molar-refractivity contribution in [3.63, 3.8) is 0 Å². The van der Waals surface area contributed by atoms with Crippen molar-refractivity contribution in [1.82, 2.24) is 9.55 Å². The summed E-state index contributed by atoms with van der Waals surface area (Å²) in [6.45, 7) is 2.77. The van der Waals surface area contributed by atoms with E-state index in [0.717, 1.165) is 17.6 Å². The molecule has 0 saturated heterocycles. The highest BCUT2D eigenvalue weighted by atomic mass is 16.4. The molecule has 0 atom stereocenters. The second-order valence-corrected chi connectivity index (χ2v) is 4.52. The number of benzene rings is 2. The van der Waals surface area contributed by atoms with Gasteiger partial charge in [-0.05, 0) is 25.1 Å². The minimum absolute atomic E-state index is 0.275. The van der Waals surface area contributed by atoms with E-state index in [9.17, 15) is 9.90 Å². The molecular formula is C16H14N2O2. The zero-order valence-electron chi connectivity index (χ0n) is 11.1. The highest BCUT2D eigenvalue weighted by Crippen LogP contribution is 2.27. The lowest BCUT2D eigenvalue weighted by Crippen LogP contribution is -2.04. The molecule has 0 amide bonds. The zero-order chi connectivity index (χ0) is 14.1. The van der Waals surface area contributed by atoms with Crippen LogP contribution in [0.3, 0.4) is 0 Å². The van der Waals surface area contributed by atoms with Crippen LogP contribution in [-0.2, 0) is 6.54 Å². The maximum absolute atomic E-state index is 11.4. The van der Waals surface area contributed by atoms with Crippen LogP contribution in [0.4, 0.5) is 0 Å². The number of aromatic carboxylic acids is 1. The van der Waals surface area contributed by atoms with Crippen LogP contribution in [0.1, 0.15) is 17.3 Å². The Kier molecular flexibility index (Phi) is 2.99. The molecule has 3 aromatic rings. The number of aryl methyl sites for hydroxylation is 1. The Morgan fingerprint density at radius 3 is 2.60 bits per heavy atom. The van der Waals surface area contributed by atoms with Gasteiger partial charge in [0.2, 0.25) is 0 Å². The number of para-hydroxylation sites is 2. The molecule has 100 valence electrons. The number of carbonyl (C=O) groups is 1. The fourth-order valence-electron chi connectivity index (χ4n) is 2.47. The molecule has 4 nitrogen and oxygen atoms in total. The summed E-state index contributed by atoms with van der Waals surface area (Å²) in [6.07, 6.45) is 0. The van der Waals surface area contributed by atoms with E-state index < -0.39 is 5.97 Å². The van der Waals surface area contributed by atoms with Crippen molar-refractivity contribution >= 4 is 17.0 Å². The Bertz CT molecular complexity index is 790. The maximum Gasteiger partial charge on any atom is 0.336 e. The molecule has 0 bridgehead atoms. The Balaban J connectivity index is 2.32. The molecule has 0 saturated carbocycles. The van der Waals surface area contributed by atoms with E-state index in [0.29, 0.717) is 11.4 Å². The second-order valence-electron chi connectivity index (χ2n) is 4.52. The second kappa shape index (κ2) is 4.81. The first kappa shape index (κ1) is 12.4. The minimum Gasteiger partial charge on any atom is -0.478 e. The van der Waals surface area contributed by atoms with Crippen molar-refractivity contribution < 1.29 is 9.90 Å². The highest BCUT2D eigenvalue weighted by molar-refractivity contribution is 5.96. The molecular weight excluding hydrogens is 252 g/mol. The van der Waals surface area contributed by atoms with E-state index in [1.807, 2.05) is 41.8 Å². The number of fused-ring (bicyclic) bond motifs is 1. The van der Waals surface area contributed by atoms with Crippen molar-refractivity contribution in [2.45, 2.75) is 13.5 Å². The van der Waals surface area contributed by atoms with Crippen LogP contribution in [0.5, 0.6) is 0 Å². The summed E-state index contributed by atoms with van der Waals surface area (Å²) in [5.74, 6) is -0.234. The average molecular weight is 266 g/mol. The third-order valence-corrected chi connectivity index (χ3v) is 3.37. The van der Waals surface area contributed by atoms with Crippen LogP contribution in [0.25, 0.3) is 22.4 Å². The molecule has 1 heterocycles. The fourth-order valence-corrected chi connectivity index (χ4v) is 2.47. The van der Waals surface area contributed by atoms with Crippen LogP contribution in [0.2, 0.25) is 0 Å². The Morgan fingerprint density at radius 1 is 1.15 bits per heavy atom. The molecule has 1 aromatic heterocycles. The van der Waals surface area contributed by atoms with Crippen molar-refractivity contribution in [1.29, 1.82) is 0 Å². The van der Waals surface area contributed by atoms with E-state index in [1.165, 1.54) is 0 Å². The maximum atomic E-state index is 11.4. The van der Waals surface area contributed by atoms with E-state index in [4.69, 9.17) is 0 Å². The van der Waals surface area contributed by atoms with Crippen molar-refractivity contribution in [2.24, 2.45) is 0 Å². The fraction of sp³-hybridized carbons (Fsp3) is 0.125. The molecule has 0 aliphatic rings. The third-order valence-electron chi connectivity index (χ3n) is 3.37. The normalized spacial score (nSPS) is 10.8. The van der Waals surface area contributed by atoms with Gasteiger partial charge in [0.25, 0.3) is 0 Å². The summed E-state index contributed by atoms with van der Waals surface area (Å²) in [6, 6.07) is 14.8. The molecule has 0 unspecified atom stereocenters. The summed E-state index contributed by atoms with van der Waals surface area (Å²) in [5, 5.41) is 9.33. The van der Waals surface area contributed by atoms with Crippen molar-refractivity contribution in [2.75, 3.05) is 0 Å². The first-order valence-electron chi connectivity index (χ1n) is 6.50. The van der Waals surface area contributed by atoms with Gasteiger partial charge in [-0.15, -0.1) is 0 Å². The molecule has 2 aromatic carbocycles. The quantitative estimate of drug-likeness (QED) is 0.790. The number of rotatable bonds is 3. The van der Waals surface area contributed by atoms with Crippen LogP contribution in [0.15, 0.2) is 48.5 Å². The molecule has 0 aliphatic carbocycles. The summed E-state index contributed by atoms with van der Waals surface area (Å²) in [7, 11) is 0. The topological polar surface area (TPSA) is 55.1 Å². The number of carboxylic acid groups (broad SMARTS) is 1. The van der Waals surface area contributed by atoms with Gasteiger partial charge in [-0.25, -0.2) is 9.78 Å². The van der Waals surface area contributed by atoms with Gasteiger partial charge in [0.15, 0.2) is 0 Å². The van der Waals surface area contributed by atoms with Crippen molar-refractivity contribution in [3.05, 3.63) is 54.1 Å². The number of aromatic nitrogens is 2. The molecule has 1 N–H and O–H groups in total. The SMILES string of the molecule is CCn1c(-c2ccccc2C(=O)O)nc2ccccc21. The van der Waals surface area contributed by atoms with Crippen LogP contribution >= 0.6 is 0 Å². The summed E-state index contributed by atoms with van der Waals surface area (Å²) < 4.78 is 2.04. The highest BCUT2D eigenvalue weighted by Gasteiger charge is 2.17. The van der Waals surface area contributed by atoms with Gasteiger partial charge in [-0.3, -0.25) is 0 Å². The molecule has 3 rings (SSSR count). The van der Waals surface area contributed by atoms with Crippen molar-refractivity contribution in [3.8, 4) is 11.4 Å². The zero-order valence-corrected chi connectivity index (χ0v) is 11.1. The van der Waals surface area contributed by atoms with Gasteiger partial charge in [-0.1, -0.05) is 30.3 Å².